The molecule has 0 aromatic heterocycles. The standard InChI is InChI=1S/C10H13NO3/c1-2-9-4-3-8(5-6-12)7-10(9)11(13)14/h3-4,7,12H,2,5-6H2,1H3. The van der Waals surface area contributed by atoms with Gasteiger partial charge in [0.05, 0.1) is 4.92 Å². The largest absolute Gasteiger partial charge is 0.396 e. The number of nitro groups is 1. The molecule has 0 bridgehead atoms. The van der Waals surface area contributed by atoms with E-state index in [2.05, 4.69) is 0 Å². The summed E-state index contributed by atoms with van der Waals surface area (Å²) in [5, 5.41) is 19.4. The third-order valence-electron chi connectivity index (χ3n) is 2.13. The van der Waals surface area contributed by atoms with Crippen molar-refractivity contribution < 1.29 is 10.0 Å². The van der Waals surface area contributed by atoms with Crippen LogP contribution in [0.5, 0.6) is 0 Å². The van der Waals surface area contributed by atoms with Crippen LogP contribution in [0.1, 0.15) is 18.1 Å². The molecule has 1 rings (SSSR count). The third kappa shape index (κ3) is 2.29. The van der Waals surface area contributed by atoms with Gasteiger partial charge in [-0.15, -0.1) is 0 Å². The number of hydrogen-bond donors (Lipinski definition) is 1. The van der Waals surface area contributed by atoms with Crippen molar-refractivity contribution in [2.75, 3.05) is 6.61 Å². The van der Waals surface area contributed by atoms with Gasteiger partial charge in [0.1, 0.15) is 0 Å². The Kier molecular flexibility index (Phi) is 3.59. The average Bonchev–Trinajstić information content (AvgIpc) is 2.18. The van der Waals surface area contributed by atoms with Crippen molar-refractivity contribution in [2.45, 2.75) is 19.8 Å². The molecule has 0 radical (unpaired) electrons. The SMILES string of the molecule is CCc1ccc(CCO)cc1[N+](=O)[O-]. The number of nitro benzene ring substituents is 1. The summed E-state index contributed by atoms with van der Waals surface area (Å²) in [6.45, 7) is 1.90. The van der Waals surface area contributed by atoms with Gasteiger partial charge in [-0.3, -0.25) is 10.1 Å². The van der Waals surface area contributed by atoms with Gasteiger partial charge >= 0.3 is 0 Å². The van der Waals surface area contributed by atoms with E-state index in [1.165, 1.54) is 6.07 Å². The highest BCUT2D eigenvalue weighted by atomic mass is 16.6. The zero-order valence-electron chi connectivity index (χ0n) is 8.06. The Hall–Kier alpha value is -1.42. The summed E-state index contributed by atoms with van der Waals surface area (Å²) < 4.78 is 0. The lowest BCUT2D eigenvalue weighted by Gasteiger charge is -2.02. The predicted octanol–water partition coefficient (Wildman–Crippen LogP) is 1.69. The van der Waals surface area contributed by atoms with E-state index in [0.29, 0.717) is 12.8 Å². The maximum Gasteiger partial charge on any atom is 0.272 e. The Morgan fingerprint density at radius 1 is 1.50 bits per heavy atom. The monoisotopic (exact) mass is 195 g/mol. The smallest absolute Gasteiger partial charge is 0.272 e. The quantitative estimate of drug-likeness (QED) is 0.587. The molecule has 0 amide bonds. The first-order valence-corrected chi connectivity index (χ1v) is 4.56. The normalized spacial score (nSPS) is 10.1. The molecule has 4 heteroatoms. The molecule has 0 atom stereocenters. The second kappa shape index (κ2) is 4.72. The molecule has 0 heterocycles. The van der Waals surface area contributed by atoms with Gasteiger partial charge in [0.2, 0.25) is 0 Å². The molecule has 76 valence electrons. The molecule has 0 aliphatic heterocycles. The summed E-state index contributed by atoms with van der Waals surface area (Å²) in [6, 6.07) is 5.11. The molecular weight excluding hydrogens is 182 g/mol. The summed E-state index contributed by atoms with van der Waals surface area (Å²) in [4.78, 5) is 10.3. The van der Waals surface area contributed by atoms with Crippen molar-refractivity contribution in [3.63, 3.8) is 0 Å². The van der Waals surface area contributed by atoms with E-state index in [-0.39, 0.29) is 17.2 Å². The van der Waals surface area contributed by atoms with Crippen LogP contribution in [0.2, 0.25) is 0 Å². The van der Waals surface area contributed by atoms with Crippen LogP contribution < -0.4 is 0 Å². The van der Waals surface area contributed by atoms with Gasteiger partial charge in [-0.1, -0.05) is 19.1 Å². The minimum Gasteiger partial charge on any atom is -0.396 e. The fourth-order valence-electron chi connectivity index (χ4n) is 1.36. The Morgan fingerprint density at radius 2 is 2.21 bits per heavy atom. The molecule has 0 spiro atoms. The van der Waals surface area contributed by atoms with Crippen LogP contribution in [0.25, 0.3) is 0 Å². The predicted molar refractivity (Wildman–Crippen MR) is 53.3 cm³/mol. The number of aliphatic hydroxyl groups excluding tert-OH is 1. The van der Waals surface area contributed by atoms with E-state index in [1.54, 1.807) is 6.07 Å². The van der Waals surface area contributed by atoms with Crippen LogP contribution in [0.15, 0.2) is 18.2 Å². The zero-order chi connectivity index (χ0) is 10.6. The highest BCUT2D eigenvalue weighted by Crippen LogP contribution is 2.20. The van der Waals surface area contributed by atoms with Crippen LogP contribution in [-0.4, -0.2) is 16.6 Å². The molecular formula is C10H13NO3. The van der Waals surface area contributed by atoms with Gasteiger partial charge in [-0.25, -0.2) is 0 Å². The fourth-order valence-corrected chi connectivity index (χ4v) is 1.36. The van der Waals surface area contributed by atoms with Crippen molar-refractivity contribution in [1.29, 1.82) is 0 Å². The van der Waals surface area contributed by atoms with Crippen LogP contribution in [0.3, 0.4) is 0 Å². The van der Waals surface area contributed by atoms with Crippen LogP contribution >= 0.6 is 0 Å². The molecule has 1 aromatic rings. The van der Waals surface area contributed by atoms with Gasteiger partial charge in [0, 0.05) is 18.2 Å². The number of aliphatic hydroxyl groups is 1. The van der Waals surface area contributed by atoms with E-state index >= 15 is 0 Å². The molecule has 0 aliphatic rings. The maximum absolute atomic E-state index is 10.7. The fraction of sp³-hybridized carbons (Fsp3) is 0.400. The van der Waals surface area contributed by atoms with E-state index < -0.39 is 0 Å². The van der Waals surface area contributed by atoms with E-state index in [0.717, 1.165) is 11.1 Å². The Bertz CT molecular complexity index is 336. The number of hydrogen-bond acceptors (Lipinski definition) is 3. The summed E-state index contributed by atoms with van der Waals surface area (Å²) in [5.41, 5.74) is 1.69. The molecule has 1 aromatic carbocycles. The number of rotatable bonds is 4. The van der Waals surface area contributed by atoms with Crippen molar-refractivity contribution in [1.82, 2.24) is 0 Å². The summed E-state index contributed by atoms with van der Waals surface area (Å²) in [7, 11) is 0. The molecule has 0 unspecified atom stereocenters. The molecule has 0 fully saturated rings. The summed E-state index contributed by atoms with van der Waals surface area (Å²) in [5.74, 6) is 0. The molecule has 0 saturated heterocycles. The lowest BCUT2D eigenvalue weighted by atomic mass is 10.1. The summed E-state index contributed by atoms with van der Waals surface area (Å²) >= 11 is 0. The lowest BCUT2D eigenvalue weighted by molar-refractivity contribution is -0.385. The van der Waals surface area contributed by atoms with Gasteiger partial charge in [0.25, 0.3) is 5.69 Å². The highest BCUT2D eigenvalue weighted by molar-refractivity contribution is 5.43. The van der Waals surface area contributed by atoms with Crippen molar-refractivity contribution >= 4 is 5.69 Å². The first-order valence-electron chi connectivity index (χ1n) is 4.56. The van der Waals surface area contributed by atoms with E-state index in [4.69, 9.17) is 5.11 Å². The first kappa shape index (κ1) is 10.7. The average molecular weight is 195 g/mol. The van der Waals surface area contributed by atoms with Crippen molar-refractivity contribution in [3.8, 4) is 0 Å². The van der Waals surface area contributed by atoms with Crippen molar-refractivity contribution in [2.24, 2.45) is 0 Å². The maximum atomic E-state index is 10.7. The second-order valence-electron chi connectivity index (χ2n) is 3.05. The number of aryl methyl sites for hydroxylation is 1. The third-order valence-corrected chi connectivity index (χ3v) is 2.13. The van der Waals surface area contributed by atoms with Gasteiger partial charge in [0.15, 0.2) is 0 Å². The lowest BCUT2D eigenvalue weighted by Crippen LogP contribution is -1.97. The van der Waals surface area contributed by atoms with Gasteiger partial charge in [-0.2, -0.15) is 0 Å². The van der Waals surface area contributed by atoms with Crippen molar-refractivity contribution in [3.05, 3.63) is 39.4 Å². The first-order chi connectivity index (χ1) is 6.69. The number of nitrogens with zero attached hydrogens (tertiary/aromatic N) is 1. The van der Waals surface area contributed by atoms with Gasteiger partial charge < -0.3 is 5.11 Å². The van der Waals surface area contributed by atoms with E-state index in [9.17, 15) is 10.1 Å². The minimum atomic E-state index is -0.375. The Morgan fingerprint density at radius 3 is 2.71 bits per heavy atom. The second-order valence-corrected chi connectivity index (χ2v) is 3.05. The minimum absolute atomic E-state index is 0.0165. The zero-order valence-corrected chi connectivity index (χ0v) is 8.06. The molecule has 4 nitrogen and oxygen atoms in total. The topological polar surface area (TPSA) is 63.4 Å². The number of benzene rings is 1. The Balaban J connectivity index is 3.07. The molecule has 14 heavy (non-hydrogen) atoms. The highest BCUT2D eigenvalue weighted by Gasteiger charge is 2.12. The molecule has 0 saturated carbocycles. The summed E-state index contributed by atoms with van der Waals surface area (Å²) in [6.07, 6.45) is 1.11. The van der Waals surface area contributed by atoms with Gasteiger partial charge in [-0.05, 0) is 18.4 Å². The van der Waals surface area contributed by atoms with Crippen LogP contribution in [0.4, 0.5) is 5.69 Å². The van der Waals surface area contributed by atoms with Crippen LogP contribution in [-0.2, 0) is 12.8 Å². The molecule has 1 N–H and O–H groups in total. The van der Waals surface area contributed by atoms with Crippen LogP contribution in [0, 0.1) is 10.1 Å². The molecule has 0 aliphatic carbocycles. The van der Waals surface area contributed by atoms with E-state index in [1.807, 2.05) is 13.0 Å². The Labute approximate surface area is 82.3 Å².